The zero-order valence-corrected chi connectivity index (χ0v) is 15.6. The molecule has 7 heteroatoms. The lowest BCUT2D eigenvalue weighted by atomic mass is 10.1. The predicted molar refractivity (Wildman–Crippen MR) is 106 cm³/mol. The SMILES string of the molecule is O=Cc1ccc(C(=O)Nc2cccc(C(=O)Nc3ccc(Br)cn3)c2)cc1. The van der Waals surface area contributed by atoms with E-state index in [-0.39, 0.29) is 11.8 Å². The highest BCUT2D eigenvalue weighted by Gasteiger charge is 2.10. The minimum atomic E-state index is -0.337. The second-order valence-corrected chi connectivity index (χ2v) is 6.51. The first-order valence-corrected chi connectivity index (χ1v) is 8.74. The Bertz CT molecular complexity index is 986. The maximum atomic E-state index is 12.4. The van der Waals surface area contributed by atoms with Crippen LogP contribution in [0.3, 0.4) is 0 Å². The number of carbonyl (C=O) groups is 3. The van der Waals surface area contributed by atoms with Gasteiger partial charge in [0.25, 0.3) is 11.8 Å². The monoisotopic (exact) mass is 423 g/mol. The summed E-state index contributed by atoms with van der Waals surface area (Å²) in [5.41, 5.74) is 1.77. The molecule has 3 rings (SSSR count). The number of halogens is 1. The van der Waals surface area contributed by atoms with Crippen molar-refractivity contribution in [3.05, 3.63) is 88.0 Å². The average Bonchev–Trinajstić information content (AvgIpc) is 2.70. The summed E-state index contributed by atoms with van der Waals surface area (Å²) in [5, 5.41) is 5.43. The van der Waals surface area contributed by atoms with Crippen LogP contribution in [0.4, 0.5) is 11.5 Å². The van der Waals surface area contributed by atoms with Crippen LogP contribution in [-0.2, 0) is 0 Å². The molecule has 2 N–H and O–H groups in total. The summed E-state index contributed by atoms with van der Waals surface area (Å²) in [7, 11) is 0. The minimum Gasteiger partial charge on any atom is -0.322 e. The third kappa shape index (κ3) is 4.86. The van der Waals surface area contributed by atoms with Crippen LogP contribution in [0.5, 0.6) is 0 Å². The number of aromatic nitrogens is 1. The Morgan fingerprint density at radius 3 is 2.30 bits per heavy atom. The minimum absolute atomic E-state index is 0.334. The first kappa shape index (κ1) is 18.5. The van der Waals surface area contributed by atoms with Crippen LogP contribution >= 0.6 is 15.9 Å². The Morgan fingerprint density at radius 2 is 1.63 bits per heavy atom. The highest BCUT2D eigenvalue weighted by Crippen LogP contribution is 2.15. The van der Waals surface area contributed by atoms with Crippen LogP contribution < -0.4 is 10.6 Å². The molecule has 0 radical (unpaired) electrons. The third-order valence-electron chi connectivity index (χ3n) is 3.66. The van der Waals surface area contributed by atoms with E-state index < -0.39 is 0 Å². The smallest absolute Gasteiger partial charge is 0.256 e. The summed E-state index contributed by atoms with van der Waals surface area (Å²) in [5.74, 6) is -0.247. The van der Waals surface area contributed by atoms with Gasteiger partial charge in [-0.15, -0.1) is 0 Å². The summed E-state index contributed by atoms with van der Waals surface area (Å²) < 4.78 is 0.811. The van der Waals surface area contributed by atoms with Gasteiger partial charge in [0.15, 0.2) is 0 Å². The molecule has 3 aromatic rings. The molecule has 134 valence electrons. The molecule has 0 aliphatic carbocycles. The second kappa shape index (κ2) is 8.37. The third-order valence-corrected chi connectivity index (χ3v) is 4.13. The summed E-state index contributed by atoms with van der Waals surface area (Å²) in [4.78, 5) is 39.4. The summed E-state index contributed by atoms with van der Waals surface area (Å²) >= 11 is 3.28. The van der Waals surface area contributed by atoms with Gasteiger partial charge in [0.2, 0.25) is 0 Å². The van der Waals surface area contributed by atoms with E-state index in [1.54, 1.807) is 66.9 Å². The van der Waals surface area contributed by atoms with Gasteiger partial charge in [-0.05, 0) is 58.4 Å². The Kier molecular flexibility index (Phi) is 5.73. The average molecular weight is 424 g/mol. The first-order valence-electron chi connectivity index (χ1n) is 7.95. The van der Waals surface area contributed by atoms with Gasteiger partial charge in [0.1, 0.15) is 12.1 Å². The van der Waals surface area contributed by atoms with Gasteiger partial charge in [-0.3, -0.25) is 14.4 Å². The summed E-state index contributed by atoms with van der Waals surface area (Å²) in [6.07, 6.45) is 2.30. The van der Waals surface area contributed by atoms with E-state index in [1.807, 2.05) is 0 Å². The van der Waals surface area contributed by atoms with E-state index in [4.69, 9.17) is 0 Å². The number of nitrogens with zero attached hydrogens (tertiary/aromatic N) is 1. The zero-order chi connectivity index (χ0) is 19.2. The van der Waals surface area contributed by atoms with Crippen molar-refractivity contribution in [2.45, 2.75) is 0 Å². The number of hydrogen-bond acceptors (Lipinski definition) is 4. The molecule has 0 bridgehead atoms. The maximum absolute atomic E-state index is 12.4. The molecular weight excluding hydrogens is 410 g/mol. The number of rotatable bonds is 5. The Labute approximate surface area is 163 Å². The molecule has 6 nitrogen and oxygen atoms in total. The highest BCUT2D eigenvalue weighted by molar-refractivity contribution is 9.10. The molecular formula is C20H14BrN3O3. The fourth-order valence-electron chi connectivity index (χ4n) is 2.29. The lowest BCUT2D eigenvalue weighted by Gasteiger charge is -2.08. The van der Waals surface area contributed by atoms with Crippen molar-refractivity contribution in [3.8, 4) is 0 Å². The number of hydrogen-bond donors (Lipinski definition) is 2. The Balaban J connectivity index is 1.70. The van der Waals surface area contributed by atoms with Gasteiger partial charge in [-0.2, -0.15) is 0 Å². The standard InChI is InChI=1S/C20H14BrN3O3/c21-16-8-9-18(22-11-16)24-20(27)15-2-1-3-17(10-15)23-19(26)14-6-4-13(12-25)5-7-14/h1-12H,(H,23,26)(H,22,24,27). The predicted octanol–water partition coefficient (Wildman–Crippen LogP) is 4.16. The Morgan fingerprint density at radius 1 is 0.889 bits per heavy atom. The molecule has 0 unspecified atom stereocenters. The maximum Gasteiger partial charge on any atom is 0.256 e. The molecule has 0 aliphatic heterocycles. The molecule has 2 amide bonds. The lowest BCUT2D eigenvalue weighted by molar-refractivity contribution is 0.101. The van der Waals surface area contributed by atoms with E-state index in [0.717, 1.165) is 4.47 Å². The van der Waals surface area contributed by atoms with Crippen molar-refractivity contribution in [1.29, 1.82) is 0 Å². The number of anilines is 2. The molecule has 0 saturated heterocycles. The summed E-state index contributed by atoms with van der Waals surface area (Å²) in [6, 6.07) is 16.3. The van der Waals surface area contributed by atoms with Crippen LogP contribution in [0, 0.1) is 0 Å². The number of benzene rings is 2. The fraction of sp³-hybridized carbons (Fsp3) is 0. The normalized spacial score (nSPS) is 10.1. The van der Waals surface area contributed by atoms with E-state index in [1.165, 1.54) is 0 Å². The van der Waals surface area contributed by atoms with Crippen LogP contribution in [0.2, 0.25) is 0 Å². The quantitative estimate of drug-likeness (QED) is 0.602. The molecule has 0 atom stereocenters. The molecule has 1 heterocycles. The van der Waals surface area contributed by atoms with E-state index >= 15 is 0 Å². The number of pyridine rings is 1. The number of nitrogens with one attached hydrogen (secondary N) is 2. The van der Waals surface area contributed by atoms with Crippen LogP contribution in [0.15, 0.2) is 71.3 Å². The number of carbonyl (C=O) groups excluding carboxylic acids is 3. The van der Waals surface area contributed by atoms with Crippen molar-refractivity contribution in [2.24, 2.45) is 0 Å². The molecule has 2 aromatic carbocycles. The van der Waals surface area contributed by atoms with Gasteiger partial charge < -0.3 is 10.6 Å². The number of aldehydes is 1. The van der Waals surface area contributed by atoms with E-state index in [0.29, 0.717) is 34.5 Å². The van der Waals surface area contributed by atoms with Crippen molar-refractivity contribution in [2.75, 3.05) is 10.6 Å². The van der Waals surface area contributed by atoms with Crippen molar-refractivity contribution in [1.82, 2.24) is 4.98 Å². The van der Waals surface area contributed by atoms with Crippen LogP contribution in [-0.4, -0.2) is 23.1 Å². The van der Waals surface area contributed by atoms with Gasteiger partial charge in [0.05, 0.1) is 0 Å². The second-order valence-electron chi connectivity index (χ2n) is 5.59. The van der Waals surface area contributed by atoms with Crippen molar-refractivity contribution in [3.63, 3.8) is 0 Å². The lowest BCUT2D eigenvalue weighted by Crippen LogP contribution is -2.15. The number of amides is 2. The molecule has 0 saturated carbocycles. The van der Waals surface area contributed by atoms with E-state index in [2.05, 4.69) is 31.5 Å². The van der Waals surface area contributed by atoms with Gasteiger partial charge in [0, 0.05) is 33.0 Å². The van der Waals surface area contributed by atoms with Crippen LogP contribution in [0.25, 0.3) is 0 Å². The molecule has 0 aliphatic rings. The van der Waals surface area contributed by atoms with Crippen molar-refractivity contribution < 1.29 is 14.4 Å². The summed E-state index contributed by atoms with van der Waals surface area (Å²) in [6.45, 7) is 0. The van der Waals surface area contributed by atoms with Crippen molar-refractivity contribution >= 4 is 45.5 Å². The topological polar surface area (TPSA) is 88.2 Å². The van der Waals surface area contributed by atoms with Gasteiger partial charge >= 0.3 is 0 Å². The molecule has 0 fully saturated rings. The fourth-order valence-corrected chi connectivity index (χ4v) is 2.53. The molecule has 27 heavy (non-hydrogen) atoms. The van der Waals surface area contributed by atoms with Gasteiger partial charge in [-0.25, -0.2) is 4.98 Å². The highest BCUT2D eigenvalue weighted by atomic mass is 79.9. The molecule has 1 aromatic heterocycles. The Hall–Kier alpha value is -3.32. The van der Waals surface area contributed by atoms with Gasteiger partial charge in [-0.1, -0.05) is 18.2 Å². The zero-order valence-electron chi connectivity index (χ0n) is 14.0. The van der Waals surface area contributed by atoms with E-state index in [9.17, 15) is 14.4 Å². The largest absolute Gasteiger partial charge is 0.322 e. The van der Waals surface area contributed by atoms with Crippen LogP contribution in [0.1, 0.15) is 31.1 Å². The first-order chi connectivity index (χ1) is 13.0. The molecule has 0 spiro atoms.